The fraction of sp³-hybridized carbons (Fsp3) is 0.235. The van der Waals surface area contributed by atoms with Crippen molar-refractivity contribution in [2.75, 3.05) is 26.2 Å². The predicted molar refractivity (Wildman–Crippen MR) is 87.4 cm³/mol. The topological polar surface area (TPSA) is 91.3 Å². The summed E-state index contributed by atoms with van der Waals surface area (Å²) in [6.45, 7) is 1.71. The number of imidazole rings is 1. The Kier molecular flexibility index (Phi) is 3.64. The molecule has 0 unspecified atom stereocenters. The number of hydrogen-bond donors (Lipinski definition) is 1. The average molecular weight is 340 g/mol. The second-order valence-corrected chi connectivity index (χ2v) is 5.81. The molecule has 25 heavy (non-hydrogen) atoms. The van der Waals surface area contributed by atoms with Gasteiger partial charge in [-0.1, -0.05) is 0 Å². The second kappa shape index (κ2) is 5.97. The highest BCUT2D eigenvalue weighted by Gasteiger charge is 2.27. The molecule has 1 aliphatic rings. The van der Waals surface area contributed by atoms with Crippen LogP contribution in [0.2, 0.25) is 0 Å². The molecule has 0 spiro atoms. The van der Waals surface area contributed by atoms with Gasteiger partial charge in [-0.2, -0.15) is 0 Å². The molecule has 0 aromatic carbocycles. The van der Waals surface area contributed by atoms with Crippen molar-refractivity contribution in [3.8, 4) is 5.75 Å². The second-order valence-electron chi connectivity index (χ2n) is 5.81. The SMILES string of the molecule is O=C(c1cn2cccc(O)c2n1)N1CCN(C(=O)c2ccco2)CC1. The van der Waals surface area contributed by atoms with Crippen LogP contribution in [0.15, 0.2) is 47.3 Å². The number of nitrogens with zero attached hydrogens (tertiary/aromatic N) is 4. The van der Waals surface area contributed by atoms with Gasteiger partial charge in [0.2, 0.25) is 0 Å². The lowest BCUT2D eigenvalue weighted by atomic mass is 10.2. The van der Waals surface area contributed by atoms with Gasteiger partial charge in [0, 0.05) is 38.6 Å². The minimum Gasteiger partial charge on any atom is -0.504 e. The number of fused-ring (bicyclic) bond motifs is 1. The number of aromatic hydroxyl groups is 1. The number of furan rings is 1. The Morgan fingerprint density at radius 3 is 2.40 bits per heavy atom. The standard InChI is InChI=1S/C17H16N4O4/c22-13-3-1-5-21-11-12(18-15(13)21)16(23)19-6-8-20(9-7-19)17(24)14-4-2-10-25-14/h1-5,10-11,22H,6-9H2. The molecule has 3 aromatic rings. The lowest BCUT2D eigenvalue weighted by Crippen LogP contribution is -2.50. The molecular weight excluding hydrogens is 324 g/mol. The Balaban J connectivity index is 1.45. The van der Waals surface area contributed by atoms with Crippen molar-refractivity contribution in [3.05, 3.63) is 54.4 Å². The van der Waals surface area contributed by atoms with Gasteiger partial charge in [0.05, 0.1) is 6.26 Å². The van der Waals surface area contributed by atoms with E-state index < -0.39 is 0 Å². The highest BCUT2D eigenvalue weighted by Crippen LogP contribution is 2.18. The summed E-state index contributed by atoms with van der Waals surface area (Å²) in [5, 5.41) is 9.80. The van der Waals surface area contributed by atoms with Crippen molar-refractivity contribution in [2.24, 2.45) is 0 Å². The highest BCUT2D eigenvalue weighted by atomic mass is 16.3. The molecule has 0 radical (unpaired) electrons. The van der Waals surface area contributed by atoms with Gasteiger partial charge in [0.25, 0.3) is 11.8 Å². The van der Waals surface area contributed by atoms with Crippen LogP contribution in [-0.4, -0.2) is 62.3 Å². The Hall–Kier alpha value is -3.29. The van der Waals surface area contributed by atoms with Gasteiger partial charge in [-0.3, -0.25) is 9.59 Å². The summed E-state index contributed by atoms with van der Waals surface area (Å²) in [6, 6.07) is 6.50. The van der Waals surface area contributed by atoms with Crippen molar-refractivity contribution >= 4 is 17.5 Å². The first-order valence-electron chi connectivity index (χ1n) is 7.92. The van der Waals surface area contributed by atoms with Crippen molar-refractivity contribution < 1.29 is 19.1 Å². The van der Waals surface area contributed by atoms with Crippen molar-refractivity contribution in [1.29, 1.82) is 0 Å². The fourth-order valence-corrected chi connectivity index (χ4v) is 2.93. The maximum Gasteiger partial charge on any atom is 0.289 e. The zero-order chi connectivity index (χ0) is 17.4. The number of hydrogen-bond acceptors (Lipinski definition) is 5. The van der Waals surface area contributed by atoms with Crippen LogP contribution in [0.5, 0.6) is 5.75 Å². The van der Waals surface area contributed by atoms with Crippen LogP contribution >= 0.6 is 0 Å². The van der Waals surface area contributed by atoms with E-state index in [2.05, 4.69) is 4.98 Å². The molecule has 128 valence electrons. The minimum absolute atomic E-state index is 0.0235. The molecule has 8 nitrogen and oxygen atoms in total. The summed E-state index contributed by atoms with van der Waals surface area (Å²) in [5.41, 5.74) is 0.616. The van der Waals surface area contributed by atoms with Crippen molar-refractivity contribution in [1.82, 2.24) is 19.2 Å². The quantitative estimate of drug-likeness (QED) is 0.758. The van der Waals surface area contributed by atoms with Crippen molar-refractivity contribution in [3.63, 3.8) is 0 Å². The fourth-order valence-electron chi connectivity index (χ4n) is 2.93. The highest BCUT2D eigenvalue weighted by molar-refractivity contribution is 5.94. The first-order chi connectivity index (χ1) is 12.1. The first kappa shape index (κ1) is 15.3. The molecule has 0 saturated carbocycles. The number of piperazine rings is 1. The van der Waals surface area contributed by atoms with Gasteiger partial charge < -0.3 is 23.7 Å². The van der Waals surface area contributed by atoms with Crippen LogP contribution in [0.25, 0.3) is 5.65 Å². The molecule has 0 aliphatic carbocycles. The molecule has 2 amide bonds. The van der Waals surface area contributed by atoms with E-state index in [1.165, 1.54) is 12.3 Å². The number of pyridine rings is 1. The normalized spacial score (nSPS) is 14.9. The Labute approximate surface area is 142 Å². The van der Waals surface area contributed by atoms with Crippen molar-refractivity contribution in [2.45, 2.75) is 0 Å². The zero-order valence-electron chi connectivity index (χ0n) is 13.3. The van der Waals surface area contributed by atoms with Crippen LogP contribution in [0, 0.1) is 0 Å². The third-order valence-corrected chi connectivity index (χ3v) is 4.27. The zero-order valence-corrected chi connectivity index (χ0v) is 13.3. The molecule has 4 heterocycles. The molecule has 8 heteroatoms. The van der Waals surface area contributed by atoms with E-state index in [9.17, 15) is 14.7 Å². The van der Waals surface area contributed by atoms with Gasteiger partial charge in [-0.15, -0.1) is 0 Å². The van der Waals surface area contributed by atoms with Gasteiger partial charge in [0.1, 0.15) is 5.69 Å². The van der Waals surface area contributed by atoms with E-state index in [4.69, 9.17) is 4.42 Å². The van der Waals surface area contributed by atoms with E-state index in [0.29, 0.717) is 37.6 Å². The van der Waals surface area contributed by atoms with Crippen LogP contribution in [0.3, 0.4) is 0 Å². The van der Waals surface area contributed by atoms with E-state index in [1.54, 1.807) is 44.8 Å². The van der Waals surface area contributed by atoms with E-state index in [-0.39, 0.29) is 23.3 Å². The summed E-state index contributed by atoms with van der Waals surface area (Å²) < 4.78 is 6.74. The largest absolute Gasteiger partial charge is 0.504 e. The summed E-state index contributed by atoms with van der Waals surface area (Å²) >= 11 is 0. The number of rotatable bonds is 2. The number of aromatic nitrogens is 2. The van der Waals surface area contributed by atoms with Gasteiger partial charge >= 0.3 is 0 Å². The number of carbonyl (C=O) groups excluding carboxylic acids is 2. The van der Waals surface area contributed by atoms with E-state index in [1.807, 2.05) is 0 Å². The maximum absolute atomic E-state index is 12.6. The van der Waals surface area contributed by atoms with Gasteiger partial charge in [-0.25, -0.2) is 4.98 Å². The first-order valence-corrected chi connectivity index (χ1v) is 7.92. The minimum atomic E-state index is -0.215. The third-order valence-electron chi connectivity index (χ3n) is 4.27. The van der Waals surface area contributed by atoms with Gasteiger partial charge in [0.15, 0.2) is 17.2 Å². The molecule has 1 saturated heterocycles. The van der Waals surface area contributed by atoms with Crippen LogP contribution in [0.1, 0.15) is 21.0 Å². The summed E-state index contributed by atoms with van der Waals surface area (Å²) in [6.07, 6.45) is 4.78. The lowest BCUT2D eigenvalue weighted by molar-refractivity contribution is 0.0515. The Morgan fingerprint density at radius 1 is 1.04 bits per heavy atom. The van der Waals surface area contributed by atoms with Crippen LogP contribution in [0.4, 0.5) is 0 Å². The predicted octanol–water partition coefficient (Wildman–Crippen LogP) is 1.23. The molecule has 0 bridgehead atoms. The van der Waals surface area contributed by atoms with E-state index in [0.717, 1.165) is 0 Å². The van der Waals surface area contributed by atoms with E-state index >= 15 is 0 Å². The van der Waals surface area contributed by atoms with Crippen LogP contribution < -0.4 is 0 Å². The Bertz CT molecular complexity index is 923. The number of carbonyl (C=O) groups is 2. The molecule has 1 N–H and O–H groups in total. The lowest BCUT2D eigenvalue weighted by Gasteiger charge is -2.33. The number of amides is 2. The molecule has 0 atom stereocenters. The summed E-state index contributed by atoms with van der Waals surface area (Å²) in [4.78, 5) is 32.4. The van der Waals surface area contributed by atoms with Gasteiger partial charge in [-0.05, 0) is 24.3 Å². The molecule has 4 rings (SSSR count). The maximum atomic E-state index is 12.6. The molecular formula is C17H16N4O4. The monoisotopic (exact) mass is 340 g/mol. The smallest absolute Gasteiger partial charge is 0.289 e. The summed E-state index contributed by atoms with van der Waals surface area (Å²) in [7, 11) is 0. The Morgan fingerprint density at radius 2 is 1.76 bits per heavy atom. The molecule has 1 aliphatic heterocycles. The third kappa shape index (κ3) is 2.71. The van der Waals surface area contributed by atoms with Crippen LogP contribution in [-0.2, 0) is 0 Å². The molecule has 1 fully saturated rings. The average Bonchev–Trinajstić information content (AvgIpc) is 3.31. The summed E-state index contributed by atoms with van der Waals surface area (Å²) in [5.74, 6) is -0.0611. The molecule has 3 aromatic heterocycles.